The monoisotopic (exact) mass is 532 g/mol. The van der Waals surface area contributed by atoms with Crippen LogP contribution >= 0.6 is 0 Å². The minimum absolute atomic E-state index is 0. The minimum Gasteiger partial charge on any atom is -1.00 e. The van der Waals surface area contributed by atoms with E-state index < -0.39 is 0 Å². The van der Waals surface area contributed by atoms with Gasteiger partial charge in [-0.3, -0.25) is 4.79 Å². The van der Waals surface area contributed by atoms with Crippen molar-refractivity contribution in [2.45, 2.75) is 59.4 Å². The Bertz CT molecular complexity index is 773. The van der Waals surface area contributed by atoms with E-state index in [2.05, 4.69) is 26.1 Å². The van der Waals surface area contributed by atoms with E-state index in [0.29, 0.717) is 29.9 Å². The van der Waals surface area contributed by atoms with E-state index in [9.17, 15) is 4.79 Å². The molecule has 1 heterocycles. The SMILES string of the molecule is CC1(C)C2CCC1(C)C([NH2+]CCC(=O)c1cccc(OCC[NH+]3CCOCC3)c1)C2.CCO.[Cl-].[Cl-]. The second-order valence-electron chi connectivity index (χ2n) is 10.7. The van der Waals surface area contributed by atoms with Crippen LogP contribution in [0.5, 0.6) is 5.75 Å². The molecule has 1 aromatic carbocycles. The van der Waals surface area contributed by atoms with E-state index in [1.807, 2.05) is 24.3 Å². The van der Waals surface area contributed by atoms with E-state index in [0.717, 1.165) is 56.6 Å². The molecule has 2 bridgehead atoms. The van der Waals surface area contributed by atoms with Crippen molar-refractivity contribution in [3.05, 3.63) is 29.8 Å². The fourth-order valence-corrected chi connectivity index (χ4v) is 6.16. The lowest BCUT2D eigenvalue weighted by molar-refractivity contribution is -0.908. The van der Waals surface area contributed by atoms with Crippen LogP contribution < -0.4 is 39.8 Å². The third kappa shape index (κ3) is 7.80. The molecule has 3 atom stereocenters. The molecule has 0 amide bonds. The van der Waals surface area contributed by atoms with Crippen LogP contribution in [0.4, 0.5) is 0 Å². The standard InChI is InChI=1S/C25H38N2O3.C2H6O.2ClH/c1-24(2)20-7-9-25(24,3)23(18-20)26-10-8-22(28)19-5-4-6-21(17-19)30-16-13-27-11-14-29-15-12-27;1-2-3;;/h4-6,17,20,23,26H,7-16,18H2,1-3H3;3H,2H2,1H3;2*1H. The maximum absolute atomic E-state index is 12.8. The van der Waals surface area contributed by atoms with Crippen LogP contribution in [0.2, 0.25) is 0 Å². The molecule has 3 aliphatic rings. The molecule has 0 aromatic heterocycles. The molecule has 1 aromatic rings. The number of quaternary nitrogens is 2. The Kier molecular flexibility index (Phi) is 13.5. The fraction of sp³-hybridized carbons (Fsp3) is 0.741. The van der Waals surface area contributed by atoms with Gasteiger partial charge in [0.1, 0.15) is 32.0 Å². The number of nitrogens with two attached hydrogens (primary N) is 1. The van der Waals surface area contributed by atoms with Gasteiger partial charge in [0.15, 0.2) is 5.78 Å². The highest BCUT2D eigenvalue weighted by molar-refractivity contribution is 5.96. The summed E-state index contributed by atoms with van der Waals surface area (Å²) in [5.74, 6) is 1.88. The molecular formula is C27H46Cl2N2O4. The van der Waals surface area contributed by atoms with Gasteiger partial charge >= 0.3 is 0 Å². The highest BCUT2D eigenvalue weighted by Gasteiger charge is 2.63. The Morgan fingerprint density at radius 1 is 1.23 bits per heavy atom. The van der Waals surface area contributed by atoms with Gasteiger partial charge in [-0.25, -0.2) is 0 Å². The number of ether oxygens (including phenoxy) is 2. The summed E-state index contributed by atoms with van der Waals surface area (Å²) in [4.78, 5) is 14.3. The zero-order valence-electron chi connectivity index (χ0n) is 22.0. The number of hydrogen-bond donors (Lipinski definition) is 3. The van der Waals surface area contributed by atoms with Crippen molar-refractivity contribution in [1.29, 1.82) is 0 Å². The number of benzene rings is 1. The number of Topliss-reactive ketones (excluding diaryl/α,β-unsaturated/α-hetero) is 1. The zero-order valence-corrected chi connectivity index (χ0v) is 23.5. The van der Waals surface area contributed by atoms with Crippen LogP contribution in [0.3, 0.4) is 0 Å². The predicted octanol–water partition coefficient (Wildman–Crippen LogP) is -4.66. The summed E-state index contributed by atoms with van der Waals surface area (Å²) in [6.45, 7) is 15.6. The molecule has 1 aliphatic heterocycles. The van der Waals surface area contributed by atoms with E-state index in [4.69, 9.17) is 14.6 Å². The molecule has 3 fully saturated rings. The van der Waals surface area contributed by atoms with Crippen LogP contribution in [0.25, 0.3) is 0 Å². The number of ketones is 1. The molecule has 202 valence electrons. The summed E-state index contributed by atoms with van der Waals surface area (Å²) in [7, 11) is 0. The Morgan fingerprint density at radius 3 is 2.51 bits per heavy atom. The van der Waals surface area contributed by atoms with E-state index in [1.165, 1.54) is 24.2 Å². The third-order valence-corrected chi connectivity index (χ3v) is 8.76. The molecule has 1 saturated heterocycles. The number of fused-ring (bicyclic) bond motifs is 2. The maximum Gasteiger partial charge on any atom is 0.168 e. The number of morpholine rings is 1. The van der Waals surface area contributed by atoms with Crippen LogP contribution in [0, 0.1) is 16.7 Å². The Balaban J connectivity index is 0.00000117. The topological polar surface area (TPSA) is 76.8 Å². The summed E-state index contributed by atoms with van der Waals surface area (Å²) in [5.41, 5.74) is 1.63. The Labute approximate surface area is 224 Å². The van der Waals surface area contributed by atoms with Crippen molar-refractivity contribution in [3.63, 3.8) is 0 Å². The van der Waals surface area contributed by atoms with Crippen molar-refractivity contribution >= 4 is 5.78 Å². The van der Waals surface area contributed by atoms with Crippen molar-refractivity contribution in [2.75, 3.05) is 52.6 Å². The number of carbonyl (C=O) groups excluding carboxylic acids is 1. The normalized spacial score (nSPS) is 26.7. The number of carbonyl (C=O) groups is 1. The first-order valence-electron chi connectivity index (χ1n) is 12.9. The molecular weight excluding hydrogens is 487 g/mol. The molecule has 8 heteroatoms. The first-order valence-corrected chi connectivity index (χ1v) is 12.9. The number of nitrogens with one attached hydrogen (secondary N) is 1. The molecule has 6 nitrogen and oxygen atoms in total. The lowest BCUT2D eigenvalue weighted by Crippen LogP contribution is -3.14. The fourth-order valence-electron chi connectivity index (χ4n) is 6.16. The number of aliphatic hydroxyl groups is 1. The number of aliphatic hydroxyl groups excluding tert-OH is 1. The summed E-state index contributed by atoms with van der Waals surface area (Å²) in [6, 6.07) is 8.39. The van der Waals surface area contributed by atoms with Crippen molar-refractivity contribution in [2.24, 2.45) is 16.7 Å². The van der Waals surface area contributed by atoms with Gasteiger partial charge in [-0.05, 0) is 43.2 Å². The van der Waals surface area contributed by atoms with Gasteiger partial charge in [0.2, 0.25) is 0 Å². The second kappa shape index (κ2) is 14.7. The van der Waals surface area contributed by atoms with E-state index >= 15 is 0 Å². The van der Waals surface area contributed by atoms with Gasteiger partial charge in [0.25, 0.3) is 0 Å². The van der Waals surface area contributed by atoms with E-state index in [-0.39, 0.29) is 37.2 Å². The highest BCUT2D eigenvalue weighted by Crippen LogP contribution is 2.64. The van der Waals surface area contributed by atoms with Crippen LogP contribution in [-0.2, 0) is 4.74 Å². The average molecular weight is 534 g/mol. The smallest absolute Gasteiger partial charge is 0.168 e. The lowest BCUT2D eigenvalue weighted by Gasteiger charge is -2.37. The largest absolute Gasteiger partial charge is 1.00 e. The van der Waals surface area contributed by atoms with Gasteiger partial charge in [-0.2, -0.15) is 0 Å². The zero-order chi connectivity index (χ0) is 23.9. The lowest BCUT2D eigenvalue weighted by atomic mass is 9.69. The Hall–Kier alpha value is -0.890. The van der Waals surface area contributed by atoms with Gasteiger partial charge < -0.3 is 49.6 Å². The van der Waals surface area contributed by atoms with Gasteiger partial charge in [-0.1, -0.05) is 32.9 Å². The third-order valence-electron chi connectivity index (χ3n) is 8.76. The summed E-state index contributed by atoms with van der Waals surface area (Å²) < 4.78 is 11.3. The second-order valence-corrected chi connectivity index (χ2v) is 10.7. The number of halogens is 2. The van der Waals surface area contributed by atoms with Crippen molar-refractivity contribution in [1.82, 2.24) is 0 Å². The molecule has 35 heavy (non-hydrogen) atoms. The van der Waals surface area contributed by atoms with Gasteiger partial charge in [-0.15, -0.1) is 0 Å². The predicted molar refractivity (Wildman–Crippen MR) is 130 cm³/mol. The van der Waals surface area contributed by atoms with Crippen LogP contribution in [-0.4, -0.2) is 69.5 Å². The first kappa shape index (κ1) is 32.1. The summed E-state index contributed by atoms with van der Waals surface area (Å²) >= 11 is 0. The van der Waals surface area contributed by atoms with Gasteiger partial charge in [0.05, 0.1) is 32.2 Å². The summed E-state index contributed by atoms with van der Waals surface area (Å²) in [5, 5.41) is 10.0. The molecule has 2 saturated carbocycles. The average Bonchev–Trinajstić information content (AvgIpc) is 3.14. The molecule has 4 rings (SSSR count). The first-order chi connectivity index (χ1) is 15.8. The van der Waals surface area contributed by atoms with Crippen molar-refractivity contribution in [3.8, 4) is 5.75 Å². The van der Waals surface area contributed by atoms with Crippen LogP contribution in [0.1, 0.15) is 63.7 Å². The Morgan fingerprint density at radius 2 is 1.91 bits per heavy atom. The molecule has 0 radical (unpaired) electrons. The number of rotatable bonds is 9. The highest BCUT2D eigenvalue weighted by atomic mass is 35.5. The molecule has 4 N–H and O–H groups in total. The van der Waals surface area contributed by atoms with Gasteiger partial charge in [0, 0.05) is 24.0 Å². The van der Waals surface area contributed by atoms with Crippen molar-refractivity contribution < 1.29 is 54.4 Å². The molecule has 0 spiro atoms. The molecule has 3 unspecified atom stereocenters. The van der Waals surface area contributed by atoms with Crippen LogP contribution in [0.15, 0.2) is 24.3 Å². The maximum atomic E-state index is 12.8. The molecule has 2 aliphatic carbocycles. The minimum atomic E-state index is 0. The quantitative estimate of drug-likeness (QED) is 0.279. The van der Waals surface area contributed by atoms with E-state index in [1.54, 1.807) is 6.92 Å². The number of hydrogen-bond acceptors (Lipinski definition) is 4. The summed E-state index contributed by atoms with van der Waals surface area (Å²) in [6.07, 6.45) is 4.63.